The van der Waals surface area contributed by atoms with E-state index in [1.54, 1.807) is 35.5 Å². The number of benzene rings is 1. The largest absolute Gasteiger partial charge is 0.481 e. The molecule has 0 spiro atoms. The van der Waals surface area contributed by atoms with Crippen molar-refractivity contribution in [3.63, 3.8) is 0 Å². The number of halogens is 1. The maximum absolute atomic E-state index is 14.4. The van der Waals surface area contributed by atoms with Crippen molar-refractivity contribution in [2.75, 3.05) is 40.5 Å². The molecular weight excluding hydrogens is 507 g/mol. The van der Waals surface area contributed by atoms with E-state index in [9.17, 15) is 14.3 Å². The third-order valence-electron chi connectivity index (χ3n) is 6.51. The van der Waals surface area contributed by atoms with Gasteiger partial charge in [0.05, 0.1) is 38.1 Å². The molecule has 3 heterocycles. The number of aliphatic hydroxyl groups is 2. The van der Waals surface area contributed by atoms with Gasteiger partial charge in [0, 0.05) is 37.0 Å². The second-order valence-electron chi connectivity index (χ2n) is 9.46. The van der Waals surface area contributed by atoms with Crippen LogP contribution in [-0.2, 0) is 9.63 Å². The molecule has 4 rings (SSSR count). The fourth-order valence-electron chi connectivity index (χ4n) is 4.69. The summed E-state index contributed by atoms with van der Waals surface area (Å²) in [6, 6.07) is 9.38. The molecule has 0 unspecified atom stereocenters. The van der Waals surface area contributed by atoms with E-state index < -0.39 is 30.5 Å². The molecule has 0 bridgehead atoms. The highest BCUT2D eigenvalue weighted by atomic mass is 19.1. The number of carbonyl (C=O) groups excluding carboxylic acids is 1. The molecule has 2 aromatic rings. The number of carbonyl (C=O) groups is 1. The molecule has 208 valence electrons. The number of aliphatic hydroxyl groups excluding tert-OH is 2. The lowest BCUT2D eigenvalue weighted by Crippen LogP contribution is -2.41. The van der Waals surface area contributed by atoms with E-state index in [0.717, 1.165) is 22.3 Å². The van der Waals surface area contributed by atoms with Crippen LogP contribution in [-0.4, -0.2) is 83.4 Å². The number of nitrogens with zero attached hydrogens (tertiary/aromatic N) is 4. The van der Waals surface area contributed by atoms with Gasteiger partial charge in [0.1, 0.15) is 5.82 Å². The summed E-state index contributed by atoms with van der Waals surface area (Å²) in [5.74, 6) is 6.15. The lowest BCUT2D eigenvalue weighted by atomic mass is 9.86. The highest BCUT2D eigenvalue weighted by Crippen LogP contribution is 2.39. The van der Waals surface area contributed by atoms with Gasteiger partial charge in [-0.3, -0.25) is 14.6 Å². The summed E-state index contributed by atoms with van der Waals surface area (Å²) in [5, 5.41) is 20.2. The Balaban J connectivity index is 1.63. The van der Waals surface area contributed by atoms with Crippen LogP contribution in [0.3, 0.4) is 0 Å². The van der Waals surface area contributed by atoms with Crippen LogP contribution in [0.15, 0.2) is 64.3 Å². The quantitative estimate of drug-likeness (QED) is 0.274. The smallest absolute Gasteiger partial charge is 0.251 e. The molecule has 12 heteroatoms. The van der Waals surface area contributed by atoms with Gasteiger partial charge in [0.2, 0.25) is 5.88 Å². The highest BCUT2D eigenvalue weighted by molar-refractivity contribution is 6.03. The third kappa shape index (κ3) is 6.60. The number of aromatic nitrogens is 1. The van der Waals surface area contributed by atoms with Crippen molar-refractivity contribution in [1.29, 1.82) is 0 Å². The summed E-state index contributed by atoms with van der Waals surface area (Å²) >= 11 is 0. The van der Waals surface area contributed by atoms with E-state index >= 15 is 0 Å². The summed E-state index contributed by atoms with van der Waals surface area (Å²) in [6.07, 6.45) is 1.29. The minimum atomic E-state index is -1.04. The van der Waals surface area contributed by atoms with Gasteiger partial charge in [-0.1, -0.05) is 12.1 Å². The number of amidine groups is 1. The number of dihydropyridines is 1. The molecule has 1 amide bonds. The van der Waals surface area contributed by atoms with Gasteiger partial charge in [-0.05, 0) is 48.3 Å². The second kappa shape index (κ2) is 12.3. The predicted octanol–water partition coefficient (Wildman–Crippen LogP) is 1.46. The number of ether oxygens (including phenoxy) is 1. The van der Waals surface area contributed by atoms with Crippen LogP contribution in [0, 0.1) is 5.82 Å². The van der Waals surface area contributed by atoms with Gasteiger partial charge in [0.15, 0.2) is 12.4 Å². The number of nitrogens with one attached hydrogen (secondary N) is 1. The van der Waals surface area contributed by atoms with Crippen LogP contribution in [0.4, 0.5) is 4.39 Å². The number of hydroxylamine groups is 1. The van der Waals surface area contributed by atoms with Gasteiger partial charge >= 0.3 is 0 Å². The maximum atomic E-state index is 14.4. The zero-order valence-corrected chi connectivity index (χ0v) is 22.1. The molecule has 5 N–H and O–H groups in total. The molecular formula is C27H33FN6O5. The van der Waals surface area contributed by atoms with Crippen LogP contribution in [0.1, 0.15) is 24.9 Å². The summed E-state index contributed by atoms with van der Waals surface area (Å²) in [4.78, 5) is 28.6. The molecule has 2 aliphatic heterocycles. The predicted molar refractivity (Wildman–Crippen MR) is 142 cm³/mol. The van der Waals surface area contributed by atoms with Crippen molar-refractivity contribution in [3.05, 3.63) is 70.7 Å². The minimum Gasteiger partial charge on any atom is -0.481 e. The first kappa shape index (κ1) is 28.2. The summed E-state index contributed by atoms with van der Waals surface area (Å²) in [6.45, 7) is 1.55. The molecule has 0 aliphatic carbocycles. The SMILES string of the molecule is COc1cccc(-c2cc(F)ccc2[C@H]2CC3=C(C(C)=CN(N)C3)C(NOCC(=O)N(C)C[C@H](O)CO)=N2)n1. The Labute approximate surface area is 226 Å². The van der Waals surface area contributed by atoms with Gasteiger partial charge in [0.25, 0.3) is 5.91 Å². The van der Waals surface area contributed by atoms with Crippen molar-refractivity contribution in [2.24, 2.45) is 10.8 Å². The van der Waals surface area contributed by atoms with Crippen LogP contribution < -0.4 is 16.1 Å². The zero-order valence-electron chi connectivity index (χ0n) is 22.1. The van der Waals surface area contributed by atoms with E-state index in [4.69, 9.17) is 25.5 Å². The van der Waals surface area contributed by atoms with E-state index in [0.29, 0.717) is 35.9 Å². The maximum Gasteiger partial charge on any atom is 0.251 e. The van der Waals surface area contributed by atoms with Gasteiger partial charge in [-0.25, -0.2) is 20.7 Å². The van der Waals surface area contributed by atoms with Crippen LogP contribution in [0.2, 0.25) is 0 Å². The fourth-order valence-corrected chi connectivity index (χ4v) is 4.69. The molecule has 0 radical (unpaired) electrons. The number of aliphatic imine (C=N–C) groups is 1. The Hall–Kier alpha value is -3.84. The summed E-state index contributed by atoms with van der Waals surface area (Å²) in [7, 11) is 3.02. The Bertz CT molecular complexity index is 1310. The molecule has 11 nitrogen and oxygen atoms in total. The Morgan fingerprint density at radius 1 is 1.36 bits per heavy atom. The standard InChI is InChI=1S/C27H33FN6O5/c1-16-11-34(29)12-17-9-23(20-8-7-18(28)10-21(20)22-5-4-6-24(30-22)38-3)31-27(26(16)17)32-39-15-25(37)33(2)13-19(36)14-35/h4-8,10-11,19,23,35-36H,9,12-15,29H2,1-3H3,(H,31,32)/t19-,23+/m0/s1. The normalized spacial score (nSPS) is 17.7. The fraction of sp³-hybridized carbons (Fsp3) is 0.370. The summed E-state index contributed by atoms with van der Waals surface area (Å²) < 4.78 is 19.7. The van der Waals surface area contributed by atoms with E-state index in [1.165, 1.54) is 31.2 Å². The van der Waals surface area contributed by atoms with Gasteiger partial charge in [-0.2, -0.15) is 0 Å². The zero-order chi connectivity index (χ0) is 28.1. The lowest BCUT2D eigenvalue weighted by molar-refractivity contribution is -0.137. The molecule has 2 atom stereocenters. The van der Waals surface area contributed by atoms with E-state index in [-0.39, 0.29) is 13.2 Å². The number of likely N-dealkylation sites (N-methyl/N-ethyl adjacent to an activating group) is 1. The van der Waals surface area contributed by atoms with Crippen LogP contribution in [0.25, 0.3) is 11.3 Å². The second-order valence-corrected chi connectivity index (χ2v) is 9.46. The number of hydrogen-bond acceptors (Lipinski definition) is 10. The lowest BCUT2D eigenvalue weighted by Gasteiger charge is -2.33. The Morgan fingerprint density at radius 3 is 2.90 bits per heavy atom. The van der Waals surface area contributed by atoms with E-state index in [2.05, 4.69) is 10.5 Å². The van der Waals surface area contributed by atoms with Crippen molar-refractivity contribution < 1.29 is 29.0 Å². The van der Waals surface area contributed by atoms with Gasteiger partial charge in [-0.15, -0.1) is 0 Å². The van der Waals surface area contributed by atoms with Crippen molar-refractivity contribution in [3.8, 4) is 17.1 Å². The molecule has 39 heavy (non-hydrogen) atoms. The number of hydrogen-bond donors (Lipinski definition) is 4. The first-order chi connectivity index (χ1) is 18.7. The average molecular weight is 541 g/mol. The number of nitrogens with two attached hydrogens (primary N) is 1. The van der Waals surface area contributed by atoms with Crippen molar-refractivity contribution in [1.82, 2.24) is 20.4 Å². The van der Waals surface area contributed by atoms with Crippen LogP contribution in [0.5, 0.6) is 5.88 Å². The Morgan fingerprint density at radius 2 is 2.15 bits per heavy atom. The molecule has 0 saturated carbocycles. The molecule has 1 aromatic heterocycles. The minimum absolute atomic E-state index is 0.0309. The van der Waals surface area contributed by atoms with Crippen molar-refractivity contribution in [2.45, 2.75) is 25.5 Å². The van der Waals surface area contributed by atoms with Crippen molar-refractivity contribution >= 4 is 11.7 Å². The summed E-state index contributed by atoms with van der Waals surface area (Å²) in [5.41, 5.74) is 7.43. The molecule has 1 aromatic carbocycles. The third-order valence-corrected chi connectivity index (χ3v) is 6.51. The number of hydrazine groups is 1. The number of rotatable bonds is 9. The number of methoxy groups -OCH3 is 1. The Kier molecular flexibility index (Phi) is 8.92. The number of pyridine rings is 1. The molecule has 2 aliphatic rings. The molecule has 0 saturated heterocycles. The van der Waals surface area contributed by atoms with Crippen LogP contribution >= 0.6 is 0 Å². The number of amides is 1. The van der Waals surface area contributed by atoms with E-state index in [1.807, 2.05) is 6.92 Å². The average Bonchev–Trinajstić information content (AvgIpc) is 2.92. The first-order valence-electron chi connectivity index (χ1n) is 12.4. The first-order valence-corrected chi connectivity index (χ1v) is 12.4. The monoisotopic (exact) mass is 540 g/mol. The van der Waals surface area contributed by atoms with Gasteiger partial charge < -0.3 is 24.9 Å². The molecule has 0 fully saturated rings. The topological polar surface area (TPSA) is 146 Å². The highest BCUT2D eigenvalue weighted by Gasteiger charge is 2.31.